The van der Waals surface area contributed by atoms with Crippen molar-refractivity contribution in [2.24, 2.45) is 11.3 Å². The predicted octanol–water partition coefficient (Wildman–Crippen LogP) is 2.89. The lowest BCUT2D eigenvalue weighted by Gasteiger charge is -2.31. The van der Waals surface area contributed by atoms with Gasteiger partial charge in [-0.1, -0.05) is 26.0 Å². The van der Waals surface area contributed by atoms with E-state index in [1.165, 1.54) is 0 Å². The molecule has 0 spiro atoms. The number of allylic oxidation sites excluding steroid dienone is 2. The van der Waals surface area contributed by atoms with Gasteiger partial charge in [-0.2, -0.15) is 5.26 Å². The second-order valence-corrected chi connectivity index (χ2v) is 3.64. The average Bonchev–Trinajstić information content (AvgIpc) is 2.05. The van der Waals surface area contributed by atoms with Gasteiger partial charge in [0.2, 0.25) is 0 Å². The first-order valence-corrected chi connectivity index (χ1v) is 4.27. The molecule has 0 aromatic rings. The lowest BCUT2D eigenvalue weighted by atomic mass is 9.70. The SMILES string of the molecule is CC(C)[C@]1(C#N)CC=CCC1. The van der Waals surface area contributed by atoms with Crippen molar-refractivity contribution >= 4 is 0 Å². The van der Waals surface area contributed by atoms with Crippen LogP contribution in [0.3, 0.4) is 0 Å². The minimum Gasteiger partial charge on any atom is -0.198 e. The van der Waals surface area contributed by atoms with Crippen LogP contribution in [0.5, 0.6) is 0 Å². The molecule has 0 fully saturated rings. The molecule has 1 heteroatoms. The van der Waals surface area contributed by atoms with E-state index in [2.05, 4.69) is 32.1 Å². The maximum Gasteiger partial charge on any atom is 0.0695 e. The Morgan fingerprint density at radius 2 is 2.18 bits per heavy atom. The molecular formula is C10H15N. The van der Waals surface area contributed by atoms with Crippen molar-refractivity contribution in [1.29, 1.82) is 5.26 Å². The van der Waals surface area contributed by atoms with E-state index >= 15 is 0 Å². The van der Waals surface area contributed by atoms with Gasteiger partial charge >= 0.3 is 0 Å². The van der Waals surface area contributed by atoms with Gasteiger partial charge in [0.05, 0.1) is 11.5 Å². The summed E-state index contributed by atoms with van der Waals surface area (Å²) in [4.78, 5) is 0. The number of nitriles is 1. The van der Waals surface area contributed by atoms with E-state index < -0.39 is 0 Å². The van der Waals surface area contributed by atoms with Gasteiger partial charge in [-0.05, 0) is 25.2 Å². The van der Waals surface area contributed by atoms with Gasteiger partial charge in [0.15, 0.2) is 0 Å². The minimum absolute atomic E-state index is 0.0608. The number of hydrogen-bond acceptors (Lipinski definition) is 1. The Labute approximate surface area is 68.7 Å². The van der Waals surface area contributed by atoms with Gasteiger partial charge in [-0.15, -0.1) is 0 Å². The summed E-state index contributed by atoms with van der Waals surface area (Å²) in [5.41, 5.74) is -0.0608. The zero-order chi connectivity index (χ0) is 8.32. The molecule has 11 heavy (non-hydrogen) atoms. The fourth-order valence-corrected chi connectivity index (χ4v) is 1.61. The van der Waals surface area contributed by atoms with E-state index in [4.69, 9.17) is 5.26 Å². The molecule has 0 radical (unpaired) electrons. The maximum atomic E-state index is 9.03. The summed E-state index contributed by atoms with van der Waals surface area (Å²) < 4.78 is 0. The smallest absolute Gasteiger partial charge is 0.0695 e. The van der Waals surface area contributed by atoms with E-state index in [-0.39, 0.29) is 5.41 Å². The highest BCUT2D eigenvalue weighted by molar-refractivity contribution is 5.09. The Bertz CT molecular complexity index is 197. The summed E-state index contributed by atoms with van der Waals surface area (Å²) >= 11 is 0. The molecule has 0 saturated heterocycles. The monoisotopic (exact) mass is 149 g/mol. The third-order valence-corrected chi connectivity index (χ3v) is 2.73. The standard InChI is InChI=1S/C10H15N/c1-9(2)10(8-11)6-4-3-5-7-10/h3-4,9H,5-7H2,1-2H3/t10-/m1/s1. The minimum atomic E-state index is -0.0608. The van der Waals surface area contributed by atoms with Crippen molar-refractivity contribution < 1.29 is 0 Å². The largest absolute Gasteiger partial charge is 0.198 e. The third kappa shape index (κ3) is 1.45. The quantitative estimate of drug-likeness (QED) is 0.526. The molecule has 0 unspecified atom stereocenters. The summed E-state index contributed by atoms with van der Waals surface area (Å²) in [5, 5.41) is 9.03. The van der Waals surface area contributed by atoms with Crippen LogP contribution in [-0.2, 0) is 0 Å². The van der Waals surface area contributed by atoms with Crippen LogP contribution in [0.25, 0.3) is 0 Å². The van der Waals surface area contributed by atoms with E-state index in [0.717, 1.165) is 19.3 Å². The lowest BCUT2D eigenvalue weighted by Crippen LogP contribution is -2.26. The van der Waals surface area contributed by atoms with E-state index in [1.54, 1.807) is 0 Å². The van der Waals surface area contributed by atoms with E-state index in [0.29, 0.717) is 5.92 Å². The molecule has 60 valence electrons. The average molecular weight is 149 g/mol. The highest BCUT2D eigenvalue weighted by Crippen LogP contribution is 2.38. The molecule has 0 aliphatic heterocycles. The van der Waals surface area contributed by atoms with Crippen LogP contribution in [0.15, 0.2) is 12.2 Å². The molecule has 0 N–H and O–H groups in total. The molecule has 1 aliphatic carbocycles. The van der Waals surface area contributed by atoms with Crippen LogP contribution < -0.4 is 0 Å². The molecule has 1 nitrogen and oxygen atoms in total. The maximum absolute atomic E-state index is 9.03. The summed E-state index contributed by atoms with van der Waals surface area (Å²) in [6, 6.07) is 2.47. The van der Waals surface area contributed by atoms with Crippen LogP contribution in [0.2, 0.25) is 0 Å². The summed E-state index contributed by atoms with van der Waals surface area (Å²) in [5.74, 6) is 0.484. The second kappa shape index (κ2) is 3.09. The Morgan fingerprint density at radius 3 is 2.45 bits per heavy atom. The third-order valence-electron chi connectivity index (χ3n) is 2.73. The predicted molar refractivity (Wildman–Crippen MR) is 45.9 cm³/mol. The van der Waals surface area contributed by atoms with Gasteiger partial charge in [0.1, 0.15) is 0 Å². The first-order valence-electron chi connectivity index (χ1n) is 4.27. The van der Waals surface area contributed by atoms with E-state index in [1.807, 2.05) is 0 Å². The molecule has 0 aromatic carbocycles. The van der Waals surface area contributed by atoms with Crippen LogP contribution in [0.1, 0.15) is 33.1 Å². The number of nitrogens with zero attached hydrogens (tertiary/aromatic N) is 1. The topological polar surface area (TPSA) is 23.8 Å². The first-order chi connectivity index (χ1) is 5.21. The molecule has 0 bridgehead atoms. The fourth-order valence-electron chi connectivity index (χ4n) is 1.61. The van der Waals surface area contributed by atoms with Gasteiger partial charge < -0.3 is 0 Å². The van der Waals surface area contributed by atoms with Crippen LogP contribution in [0.4, 0.5) is 0 Å². The highest BCUT2D eigenvalue weighted by Gasteiger charge is 2.33. The number of hydrogen-bond donors (Lipinski definition) is 0. The van der Waals surface area contributed by atoms with Gasteiger partial charge in [0, 0.05) is 0 Å². The van der Waals surface area contributed by atoms with Crippen LogP contribution >= 0.6 is 0 Å². The zero-order valence-electron chi connectivity index (χ0n) is 7.30. The van der Waals surface area contributed by atoms with Crippen molar-refractivity contribution in [1.82, 2.24) is 0 Å². The zero-order valence-corrected chi connectivity index (χ0v) is 7.30. The van der Waals surface area contributed by atoms with Gasteiger partial charge in [-0.3, -0.25) is 0 Å². The number of rotatable bonds is 1. The molecule has 0 amide bonds. The van der Waals surface area contributed by atoms with E-state index in [9.17, 15) is 0 Å². The Morgan fingerprint density at radius 1 is 1.45 bits per heavy atom. The molecule has 0 aromatic heterocycles. The lowest BCUT2D eigenvalue weighted by molar-refractivity contribution is 0.252. The Hall–Kier alpha value is -0.770. The van der Waals surface area contributed by atoms with Crippen LogP contribution in [0, 0.1) is 22.7 Å². The normalized spacial score (nSPS) is 30.4. The molecule has 1 aliphatic rings. The van der Waals surface area contributed by atoms with Crippen molar-refractivity contribution in [2.75, 3.05) is 0 Å². The van der Waals surface area contributed by atoms with Crippen LogP contribution in [-0.4, -0.2) is 0 Å². The fraction of sp³-hybridized carbons (Fsp3) is 0.700. The Kier molecular flexibility index (Phi) is 2.34. The summed E-state index contributed by atoms with van der Waals surface area (Å²) in [6.07, 6.45) is 7.38. The van der Waals surface area contributed by atoms with Crippen molar-refractivity contribution in [3.63, 3.8) is 0 Å². The first kappa shape index (κ1) is 8.33. The second-order valence-electron chi connectivity index (χ2n) is 3.64. The van der Waals surface area contributed by atoms with Crippen molar-refractivity contribution in [3.05, 3.63) is 12.2 Å². The molecular weight excluding hydrogens is 134 g/mol. The molecule has 1 atom stereocenters. The van der Waals surface area contributed by atoms with Gasteiger partial charge in [-0.25, -0.2) is 0 Å². The van der Waals surface area contributed by atoms with Crippen molar-refractivity contribution in [3.8, 4) is 6.07 Å². The molecule has 1 rings (SSSR count). The summed E-state index contributed by atoms with van der Waals surface area (Å²) in [6.45, 7) is 4.28. The highest BCUT2D eigenvalue weighted by atomic mass is 14.4. The molecule has 0 saturated carbocycles. The summed E-state index contributed by atoms with van der Waals surface area (Å²) in [7, 11) is 0. The molecule has 0 heterocycles. The van der Waals surface area contributed by atoms with Crippen molar-refractivity contribution in [2.45, 2.75) is 33.1 Å². The Balaban J connectivity index is 2.77. The van der Waals surface area contributed by atoms with Gasteiger partial charge in [0.25, 0.3) is 0 Å².